The topological polar surface area (TPSA) is 110 Å². The van der Waals surface area contributed by atoms with Gasteiger partial charge in [0.15, 0.2) is 5.82 Å². The van der Waals surface area contributed by atoms with Crippen LogP contribution in [0.5, 0.6) is 0 Å². The van der Waals surface area contributed by atoms with Crippen molar-refractivity contribution in [2.45, 2.75) is 6.92 Å². The second-order valence-corrected chi connectivity index (χ2v) is 7.07. The summed E-state index contributed by atoms with van der Waals surface area (Å²) in [6.07, 6.45) is 1.60. The normalized spacial score (nSPS) is 14.3. The molecule has 1 saturated heterocycles. The molecule has 1 aliphatic heterocycles. The van der Waals surface area contributed by atoms with Crippen LogP contribution in [0.15, 0.2) is 48.5 Å². The van der Waals surface area contributed by atoms with Gasteiger partial charge >= 0.3 is 0 Å². The zero-order valence-electron chi connectivity index (χ0n) is 16.9. The number of aryl methyl sites for hydroxylation is 1. The number of morpholine rings is 1. The minimum absolute atomic E-state index is 0.00423. The number of rotatable bonds is 5. The summed E-state index contributed by atoms with van der Waals surface area (Å²) in [6.45, 7) is 4.19. The van der Waals surface area contributed by atoms with Crippen molar-refractivity contribution in [3.63, 3.8) is 0 Å². The molecule has 0 radical (unpaired) electrons. The molecule has 0 atom stereocenters. The second kappa shape index (κ2) is 8.77. The lowest BCUT2D eigenvalue weighted by Crippen LogP contribution is -2.38. The molecule has 2 heterocycles. The number of nitro benzene ring substituents is 1. The largest absolute Gasteiger partial charge is 0.378 e. The molecule has 1 aromatic heterocycles. The molecule has 0 aliphatic carbocycles. The quantitative estimate of drug-likeness (QED) is 0.356. The van der Waals surface area contributed by atoms with Crippen LogP contribution in [-0.2, 0) is 4.74 Å². The highest BCUT2D eigenvalue weighted by molar-refractivity contribution is 5.88. The molecule has 0 amide bonds. The van der Waals surface area contributed by atoms with E-state index in [0.29, 0.717) is 49.2 Å². The molecule has 1 fully saturated rings. The summed E-state index contributed by atoms with van der Waals surface area (Å²) in [5.74, 6) is 0.999. The van der Waals surface area contributed by atoms with Crippen molar-refractivity contribution in [3.8, 4) is 11.8 Å². The molecular formula is C22H20N6O3. The van der Waals surface area contributed by atoms with E-state index >= 15 is 0 Å². The minimum Gasteiger partial charge on any atom is -0.378 e. The molecular weight excluding hydrogens is 396 g/mol. The highest BCUT2D eigenvalue weighted by atomic mass is 16.6. The van der Waals surface area contributed by atoms with E-state index in [1.807, 2.05) is 34.9 Å². The number of para-hydroxylation sites is 1. The van der Waals surface area contributed by atoms with Gasteiger partial charge in [0, 0.05) is 24.7 Å². The Morgan fingerprint density at radius 2 is 1.94 bits per heavy atom. The molecule has 2 aromatic carbocycles. The standard InChI is InChI=1S/C22H20N6O3/c1-16-7-8-17(14-20(16)28(29)30)13-18(15-23)21-24-25-22(26-9-11-31-12-10-26)27(21)19-5-3-2-4-6-19/h2-8,13-14H,9-12H2,1H3/b18-13+. The Balaban J connectivity index is 1.83. The van der Waals surface area contributed by atoms with Crippen LogP contribution in [-0.4, -0.2) is 46.0 Å². The second-order valence-electron chi connectivity index (χ2n) is 7.07. The molecule has 0 bridgehead atoms. The van der Waals surface area contributed by atoms with Gasteiger partial charge in [0.2, 0.25) is 5.95 Å². The number of ether oxygens (including phenoxy) is 1. The number of hydrogen-bond acceptors (Lipinski definition) is 7. The predicted octanol–water partition coefficient (Wildman–Crippen LogP) is 3.38. The van der Waals surface area contributed by atoms with Gasteiger partial charge in [0.05, 0.1) is 29.4 Å². The van der Waals surface area contributed by atoms with Crippen LogP contribution < -0.4 is 4.90 Å². The van der Waals surface area contributed by atoms with Crippen LogP contribution in [0.1, 0.15) is 17.0 Å². The van der Waals surface area contributed by atoms with E-state index in [9.17, 15) is 15.4 Å². The van der Waals surface area contributed by atoms with E-state index in [-0.39, 0.29) is 11.3 Å². The van der Waals surface area contributed by atoms with Crippen molar-refractivity contribution in [3.05, 3.63) is 75.6 Å². The average Bonchev–Trinajstić information content (AvgIpc) is 3.24. The first kappa shape index (κ1) is 20.3. The molecule has 9 nitrogen and oxygen atoms in total. The minimum atomic E-state index is -0.429. The predicted molar refractivity (Wildman–Crippen MR) is 116 cm³/mol. The first-order valence-electron chi connectivity index (χ1n) is 9.79. The third-order valence-electron chi connectivity index (χ3n) is 5.06. The molecule has 0 unspecified atom stereocenters. The summed E-state index contributed by atoms with van der Waals surface area (Å²) < 4.78 is 7.28. The SMILES string of the molecule is Cc1ccc(/C=C(\C#N)c2nnc(N3CCOCC3)n2-c2ccccc2)cc1[N+](=O)[O-]. The maximum atomic E-state index is 11.3. The van der Waals surface area contributed by atoms with Gasteiger partial charge in [-0.25, -0.2) is 0 Å². The van der Waals surface area contributed by atoms with Crippen molar-refractivity contribution in [1.82, 2.24) is 14.8 Å². The summed E-state index contributed by atoms with van der Waals surface area (Å²) in [5, 5.41) is 29.9. The van der Waals surface area contributed by atoms with E-state index < -0.39 is 4.92 Å². The van der Waals surface area contributed by atoms with E-state index in [1.54, 1.807) is 25.1 Å². The third kappa shape index (κ3) is 4.15. The van der Waals surface area contributed by atoms with Crippen LogP contribution in [0, 0.1) is 28.4 Å². The Kier molecular flexibility index (Phi) is 5.73. The summed E-state index contributed by atoms with van der Waals surface area (Å²) >= 11 is 0. The van der Waals surface area contributed by atoms with Crippen molar-refractivity contribution in [1.29, 1.82) is 5.26 Å². The summed E-state index contributed by atoms with van der Waals surface area (Å²) in [7, 11) is 0. The van der Waals surface area contributed by atoms with Crippen LogP contribution in [0.2, 0.25) is 0 Å². The van der Waals surface area contributed by atoms with Gasteiger partial charge in [0.1, 0.15) is 6.07 Å². The lowest BCUT2D eigenvalue weighted by molar-refractivity contribution is -0.385. The van der Waals surface area contributed by atoms with Crippen molar-refractivity contribution < 1.29 is 9.66 Å². The molecule has 156 valence electrons. The first-order valence-corrected chi connectivity index (χ1v) is 9.79. The monoisotopic (exact) mass is 416 g/mol. The van der Waals surface area contributed by atoms with Gasteiger partial charge in [0.25, 0.3) is 5.69 Å². The number of nitriles is 1. The fourth-order valence-corrected chi connectivity index (χ4v) is 3.46. The zero-order valence-corrected chi connectivity index (χ0v) is 16.9. The lowest BCUT2D eigenvalue weighted by atomic mass is 10.1. The maximum Gasteiger partial charge on any atom is 0.272 e. The number of allylic oxidation sites excluding steroid dienone is 1. The van der Waals surface area contributed by atoms with Gasteiger partial charge < -0.3 is 9.64 Å². The molecule has 0 saturated carbocycles. The number of nitro groups is 1. The summed E-state index contributed by atoms with van der Waals surface area (Å²) in [6, 6.07) is 16.6. The van der Waals surface area contributed by atoms with Gasteiger partial charge in [-0.1, -0.05) is 30.3 Å². The fourth-order valence-electron chi connectivity index (χ4n) is 3.46. The highest BCUT2D eigenvalue weighted by Crippen LogP contribution is 2.27. The smallest absolute Gasteiger partial charge is 0.272 e. The van der Waals surface area contributed by atoms with E-state index in [1.165, 1.54) is 6.07 Å². The van der Waals surface area contributed by atoms with Crippen LogP contribution in [0.4, 0.5) is 11.6 Å². The maximum absolute atomic E-state index is 11.3. The first-order chi connectivity index (χ1) is 15.1. The molecule has 3 aromatic rings. The summed E-state index contributed by atoms with van der Waals surface area (Å²) in [5.41, 5.74) is 2.19. The van der Waals surface area contributed by atoms with Crippen molar-refractivity contribution in [2.24, 2.45) is 0 Å². The highest BCUT2D eigenvalue weighted by Gasteiger charge is 2.23. The Hall–Kier alpha value is -4.03. The van der Waals surface area contributed by atoms with E-state index in [0.717, 1.165) is 5.69 Å². The van der Waals surface area contributed by atoms with Gasteiger partial charge in [-0.15, -0.1) is 10.2 Å². The van der Waals surface area contributed by atoms with Crippen molar-refractivity contribution >= 4 is 23.3 Å². The summed E-state index contributed by atoms with van der Waals surface area (Å²) in [4.78, 5) is 12.9. The number of benzene rings is 2. The third-order valence-corrected chi connectivity index (χ3v) is 5.06. The Morgan fingerprint density at radius 3 is 2.61 bits per heavy atom. The molecule has 1 aliphatic rings. The Morgan fingerprint density at radius 1 is 1.19 bits per heavy atom. The molecule has 31 heavy (non-hydrogen) atoms. The molecule has 0 spiro atoms. The van der Waals surface area contributed by atoms with E-state index in [2.05, 4.69) is 21.2 Å². The molecule has 0 N–H and O–H groups in total. The van der Waals surface area contributed by atoms with Crippen LogP contribution in [0.25, 0.3) is 17.3 Å². The Bertz CT molecular complexity index is 1170. The van der Waals surface area contributed by atoms with Gasteiger partial charge in [-0.05, 0) is 30.7 Å². The number of nitrogens with zero attached hydrogens (tertiary/aromatic N) is 6. The fraction of sp³-hybridized carbons (Fsp3) is 0.227. The lowest BCUT2D eigenvalue weighted by Gasteiger charge is -2.28. The number of hydrogen-bond donors (Lipinski definition) is 0. The average molecular weight is 416 g/mol. The van der Waals surface area contributed by atoms with Gasteiger partial charge in [-0.3, -0.25) is 14.7 Å². The number of anilines is 1. The Labute approximate surface area is 179 Å². The van der Waals surface area contributed by atoms with Crippen molar-refractivity contribution in [2.75, 3.05) is 31.2 Å². The van der Waals surface area contributed by atoms with Crippen LogP contribution in [0.3, 0.4) is 0 Å². The number of aromatic nitrogens is 3. The zero-order chi connectivity index (χ0) is 21.8. The molecule has 4 rings (SSSR count). The molecule has 9 heteroatoms. The van der Waals surface area contributed by atoms with E-state index in [4.69, 9.17) is 4.74 Å². The van der Waals surface area contributed by atoms with Gasteiger partial charge in [-0.2, -0.15) is 5.26 Å². The van der Waals surface area contributed by atoms with Crippen LogP contribution >= 0.6 is 0 Å².